The van der Waals surface area contributed by atoms with Crippen LogP contribution in [0.5, 0.6) is 0 Å². The van der Waals surface area contributed by atoms with Crippen LogP contribution in [0, 0.1) is 5.92 Å². The Hall–Kier alpha value is -2.05. The number of hydrogen-bond donors (Lipinski definition) is 0. The van der Waals surface area contributed by atoms with Crippen molar-refractivity contribution in [1.82, 2.24) is 0 Å². The summed E-state index contributed by atoms with van der Waals surface area (Å²) in [5, 5.41) is 0. The average Bonchev–Trinajstić information content (AvgIpc) is 2.96. The molecule has 0 amide bonds. The Bertz CT molecular complexity index is 594. The van der Waals surface area contributed by atoms with E-state index in [2.05, 4.69) is 0 Å². The fourth-order valence-corrected chi connectivity index (χ4v) is 2.87. The van der Waals surface area contributed by atoms with Gasteiger partial charge in [-0.15, -0.1) is 0 Å². The summed E-state index contributed by atoms with van der Waals surface area (Å²) in [5.74, 6) is -1.23. The number of cyclic esters (lactones) is 1. The van der Waals surface area contributed by atoms with Gasteiger partial charge in [-0.25, -0.2) is 4.79 Å². The van der Waals surface area contributed by atoms with Crippen molar-refractivity contribution in [3.05, 3.63) is 35.4 Å². The molecule has 0 spiro atoms. The third-order valence-corrected chi connectivity index (χ3v) is 4.03. The third-order valence-electron chi connectivity index (χ3n) is 4.03. The smallest absolute Gasteiger partial charge is 0.416 e. The maximum Gasteiger partial charge on any atom is 0.416 e. The number of alkyl halides is 3. The Morgan fingerprint density at radius 2 is 1.77 bits per heavy atom. The summed E-state index contributed by atoms with van der Waals surface area (Å²) in [6.45, 7) is 0. The van der Waals surface area contributed by atoms with Crippen LogP contribution in [-0.2, 0) is 31.7 Å². The highest BCUT2D eigenvalue weighted by Gasteiger charge is 2.52. The van der Waals surface area contributed by atoms with Gasteiger partial charge in [0.1, 0.15) is 6.10 Å². The quantitative estimate of drug-likeness (QED) is 0.804. The Kier molecular flexibility index (Phi) is 3.58. The van der Waals surface area contributed by atoms with Gasteiger partial charge in [0.05, 0.1) is 17.9 Å². The Morgan fingerprint density at radius 3 is 2.41 bits per heavy atom. The lowest BCUT2D eigenvalue weighted by Crippen LogP contribution is -2.21. The lowest BCUT2D eigenvalue weighted by molar-refractivity contribution is -0.158. The second-order valence-corrected chi connectivity index (χ2v) is 5.49. The molecule has 0 aliphatic carbocycles. The van der Waals surface area contributed by atoms with E-state index in [9.17, 15) is 22.8 Å². The maximum absolute atomic E-state index is 12.5. The molecular formula is C15H13F3O4. The zero-order valence-electron chi connectivity index (χ0n) is 11.4. The van der Waals surface area contributed by atoms with E-state index in [4.69, 9.17) is 9.47 Å². The van der Waals surface area contributed by atoms with Crippen LogP contribution in [0.25, 0.3) is 0 Å². The lowest BCUT2D eigenvalue weighted by Gasteiger charge is -2.14. The standard InChI is InChI=1S/C15H13F3O4/c16-15(17,18)9-4-1-8(2-5-9)3-6-11-10-7-12(19)22-13(10)14(20)21-11/h1-2,4-5,10-11,13H,3,6-7H2/t10-,11-,13-/m0/s1. The first-order valence-electron chi connectivity index (χ1n) is 6.91. The lowest BCUT2D eigenvalue weighted by atomic mass is 9.93. The van der Waals surface area contributed by atoms with E-state index in [0.717, 1.165) is 17.7 Å². The molecule has 3 atom stereocenters. The minimum absolute atomic E-state index is 0.147. The van der Waals surface area contributed by atoms with Crippen molar-refractivity contribution in [3.8, 4) is 0 Å². The normalized spacial score (nSPS) is 27.5. The summed E-state index contributed by atoms with van der Waals surface area (Å²) in [5.41, 5.74) is 0.0242. The summed E-state index contributed by atoms with van der Waals surface area (Å²) in [4.78, 5) is 22.8. The van der Waals surface area contributed by atoms with Crippen molar-refractivity contribution in [1.29, 1.82) is 0 Å². The van der Waals surface area contributed by atoms with E-state index >= 15 is 0 Å². The molecule has 4 nitrogen and oxygen atoms in total. The zero-order valence-corrected chi connectivity index (χ0v) is 11.4. The number of halogens is 3. The number of carbonyl (C=O) groups is 2. The van der Waals surface area contributed by atoms with Crippen LogP contribution in [-0.4, -0.2) is 24.1 Å². The third kappa shape index (κ3) is 2.80. The van der Waals surface area contributed by atoms with Crippen LogP contribution in [0.15, 0.2) is 24.3 Å². The summed E-state index contributed by atoms with van der Waals surface area (Å²) >= 11 is 0. The van der Waals surface area contributed by atoms with Crippen molar-refractivity contribution in [2.45, 2.75) is 37.6 Å². The van der Waals surface area contributed by atoms with E-state index in [1.807, 2.05) is 0 Å². The van der Waals surface area contributed by atoms with Crippen molar-refractivity contribution in [2.75, 3.05) is 0 Å². The monoisotopic (exact) mass is 314 g/mol. The molecule has 0 bridgehead atoms. The predicted molar refractivity (Wildman–Crippen MR) is 67.6 cm³/mol. The fraction of sp³-hybridized carbons (Fsp3) is 0.467. The number of benzene rings is 1. The topological polar surface area (TPSA) is 52.6 Å². The molecule has 1 aromatic rings. The number of carbonyl (C=O) groups excluding carboxylic acids is 2. The summed E-state index contributed by atoms with van der Waals surface area (Å²) in [6, 6.07) is 4.88. The molecule has 2 aliphatic heterocycles. The summed E-state index contributed by atoms with van der Waals surface area (Å²) in [7, 11) is 0. The Balaban J connectivity index is 1.61. The minimum atomic E-state index is -4.35. The van der Waals surface area contributed by atoms with E-state index in [1.54, 1.807) is 0 Å². The highest BCUT2D eigenvalue weighted by Crippen LogP contribution is 2.36. The van der Waals surface area contributed by atoms with Gasteiger partial charge in [0.25, 0.3) is 0 Å². The van der Waals surface area contributed by atoms with Gasteiger partial charge < -0.3 is 9.47 Å². The first-order valence-corrected chi connectivity index (χ1v) is 6.91. The molecule has 1 aromatic carbocycles. The molecule has 2 fully saturated rings. The molecule has 2 aliphatic rings. The van der Waals surface area contributed by atoms with Gasteiger partial charge in [-0.3, -0.25) is 4.79 Å². The SMILES string of the molecule is O=C1C[C@H]2[C@H](CCc3ccc(C(F)(F)F)cc3)OC(=O)[C@H]2O1. The second kappa shape index (κ2) is 5.30. The van der Waals surface area contributed by atoms with Crippen molar-refractivity contribution in [3.63, 3.8) is 0 Å². The van der Waals surface area contributed by atoms with Crippen LogP contribution in [0.1, 0.15) is 24.0 Å². The summed E-state index contributed by atoms with van der Waals surface area (Å²) in [6.07, 6.45) is -4.53. The van der Waals surface area contributed by atoms with Crippen LogP contribution in [0.3, 0.4) is 0 Å². The second-order valence-electron chi connectivity index (χ2n) is 5.49. The highest BCUT2D eigenvalue weighted by molar-refractivity contribution is 5.85. The van der Waals surface area contributed by atoms with Gasteiger partial charge >= 0.3 is 18.1 Å². The molecule has 0 aromatic heterocycles. The van der Waals surface area contributed by atoms with Crippen LogP contribution < -0.4 is 0 Å². The number of ether oxygens (including phenoxy) is 2. The fourth-order valence-electron chi connectivity index (χ4n) is 2.87. The van der Waals surface area contributed by atoms with Gasteiger partial charge in [0.2, 0.25) is 6.10 Å². The predicted octanol–water partition coefficient (Wildman–Crippen LogP) is 2.50. The minimum Gasteiger partial charge on any atom is -0.459 e. The van der Waals surface area contributed by atoms with Crippen LogP contribution in [0.4, 0.5) is 13.2 Å². The van der Waals surface area contributed by atoms with Crippen molar-refractivity contribution >= 4 is 11.9 Å². The Labute approximate surface area is 124 Å². The largest absolute Gasteiger partial charge is 0.459 e. The summed E-state index contributed by atoms with van der Waals surface area (Å²) < 4.78 is 47.5. The van der Waals surface area contributed by atoms with Crippen molar-refractivity contribution in [2.24, 2.45) is 5.92 Å². The number of rotatable bonds is 3. The van der Waals surface area contributed by atoms with Gasteiger partial charge in [0, 0.05) is 0 Å². The number of aryl methyl sites for hydroxylation is 1. The van der Waals surface area contributed by atoms with Crippen molar-refractivity contribution < 1.29 is 32.2 Å². The van der Waals surface area contributed by atoms with E-state index < -0.39 is 35.9 Å². The first-order chi connectivity index (χ1) is 10.3. The molecule has 3 rings (SSSR count). The molecular weight excluding hydrogens is 301 g/mol. The first kappa shape index (κ1) is 14.9. The highest BCUT2D eigenvalue weighted by atomic mass is 19.4. The molecule has 0 radical (unpaired) electrons. The average molecular weight is 314 g/mol. The molecule has 2 saturated heterocycles. The molecule has 7 heteroatoms. The Morgan fingerprint density at radius 1 is 1.09 bits per heavy atom. The van der Waals surface area contributed by atoms with Gasteiger partial charge in [-0.05, 0) is 30.5 Å². The van der Waals surface area contributed by atoms with Gasteiger partial charge in [0.15, 0.2) is 0 Å². The zero-order chi connectivity index (χ0) is 15.9. The molecule has 22 heavy (non-hydrogen) atoms. The number of fused-ring (bicyclic) bond motifs is 1. The molecule has 0 saturated carbocycles. The number of esters is 2. The van der Waals surface area contributed by atoms with E-state index in [0.29, 0.717) is 12.8 Å². The van der Waals surface area contributed by atoms with Gasteiger partial charge in [-0.2, -0.15) is 13.2 Å². The molecule has 118 valence electrons. The van der Waals surface area contributed by atoms with Crippen LogP contribution >= 0.6 is 0 Å². The van der Waals surface area contributed by atoms with Crippen LogP contribution in [0.2, 0.25) is 0 Å². The maximum atomic E-state index is 12.5. The van der Waals surface area contributed by atoms with E-state index in [1.165, 1.54) is 12.1 Å². The molecule has 0 N–H and O–H groups in total. The molecule has 2 heterocycles. The van der Waals surface area contributed by atoms with E-state index in [-0.39, 0.29) is 12.3 Å². The number of hydrogen-bond acceptors (Lipinski definition) is 4. The van der Waals surface area contributed by atoms with Gasteiger partial charge in [-0.1, -0.05) is 12.1 Å². The molecule has 0 unspecified atom stereocenters.